The van der Waals surface area contributed by atoms with E-state index in [0.29, 0.717) is 6.04 Å². The standard InChI is InChI=1S/C16H26N2O/c1-13(2)17-12-15-5-6-16(14(3)11-15)18-7-4-9-19-10-8-18/h5-6,11,13,17H,4,7-10,12H2,1-3H3. The van der Waals surface area contributed by atoms with Crippen LogP contribution in [0.1, 0.15) is 31.4 Å². The Morgan fingerprint density at radius 1 is 1.26 bits per heavy atom. The molecule has 0 amide bonds. The number of hydrogen-bond acceptors (Lipinski definition) is 3. The summed E-state index contributed by atoms with van der Waals surface area (Å²) in [6, 6.07) is 7.33. The molecule has 1 N–H and O–H groups in total. The number of nitrogens with zero attached hydrogens (tertiary/aromatic N) is 1. The quantitative estimate of drug-likeness (QED) is 0.903. The van der Waals surface area contributed by atoms with E-state index < -0.39 is 0 Å². The summed E-state index contributed by atoms with van der Waals surface area (Å²) in [5.74, 6) is 0. The van der Waals surface area contributed by atoms with Crippen molar-refractivity contribution in [3.63, 3.8) is 0 Å². The van der Waals surface area contributed by atoms with E-state index in [4.69, 9.17) is 4.74 Å². The minimum atomic E-state index is 0.530. The molecule has 0 bridgehead atoms. The first kappa shape index (κ1) is 14.4. The Balaban J connectivity index is 2.05. The van der Waals surface area contributed by atoms with E-state index in [1.165, 1.54) is 16.8 Å². The Hall–Kier alpha value is -1.06. The smallest absolute Gasteiger partial charge is 0.0641 e. The Bertz CT molecular complexity index is 396. The third-order valence-electron chi connectivity index (χ3n) is 3.54. The van der Waals surface area contributed by atoms with E-state index in [9.17, 15) is 0 Å². The fourth-order valence-corrected chi connectivity index (χ4v) is 2.49. The lowest BCUT2D eigenvalue weighted by atomic mass is 10.1. The third kappa shape index (κ3) is 4.22. The van der Waals surface area contributed by atoms with Crippen molar-refractivity contribution in [2.75, 3.05) is 31.2 Å². The van der Waals surface area contributed by atoms with Crippen LogP contribution in [0.4, 0.5) is 5.69 Å². The SMILES string of the molecule is Cc1cc(CNC(C)C)ccc1N1CCCOCC1. The average Bonchev–Trinajstić information content (AvgIpc) is 2.65. The van der Waals surface area contributed by atoms with Crippen LogP contribution >= 0.6 is 0 Å². The topological polar surface area (TPSA) is 24.5 Å². The molecule has 1 aliphatic heterocycles. The van der Waals surface area contributed by atoms with Crippen molar-refractivity contribution in [3.8, 4) is 0 Å². The molecular weight excluding hydrogens is 236 g/mol. The van der Waals surface area contributed by atoms with Crippen LogP contribution in [0.5, 0.6) is 0 Å². The molecule has 1 aliphatic rings. The zero-order valence-corrected chi connectivity index (χ0v) is 12.4. The van der Waals surface area contributed by atoms with Gasteiger partial charge < -0.3 is 15.0 Å². The maximum Gasteiger partial charge on any atom is 0.0641 e. The van der Waals surface area contributed by atoms with Crippen molar-refractivity contribution in [1.82, 2.24) is 5.32 Å². The first-order chi connectivity index (χ1) is 9.16. The summed E-state index contributed by atoms with van der Waals surface area (Å²) in [6.07, 6.45) is 1.12. The van der Waals surface area contributed by atoms with Gasteiger partial charge >= 0.3 is 0 Å². The molecule has 1 saturated heterocycles. The van der Waals surface area contributed by atoms with Gasteiger partial charge in [-0.1, -0.05) is 26.0 Å². The zero-order valence-electron chi connectivity index (χ0n) is 12.4. The highest BCUT2D eigenvalue weighted by atomic mass is 16.5. The number of aryl methyl sites for hydroxylation is 1. The van der Waals surface area contributed by atoms with Crippen LogP contribution in [0.3, 0.4) is 0 Å². The van der Waals surface area contributed by atoms with Crippen molar-refractivity contribution >= 4 is 5.69 Å². The summed E-state index contributed by atoms with van der Waals surface area (Å²) in [7, 11) is 0. The number of nitrogens with one attached hydrogen (secondary N) is 1. The first-order valence-electron chi connectivity index (χ1n) is 7.32. The van der Waals surface area contributed by atoms with Gasteiger partial charge in [0.15, 0.2) is 0 Å². The average molecular weight is 262 g/mol. The molecule has 1 aromatic carbocycles. The van der Waals surface area contributed by atoms with Crippen LogP contribution < -0.4 is 10.2 Å². The van der Waals surface area contributed by atoms with Crippen LogP contribution in [-0.4, -0.2) is 32.3 Å². The molecule has 0 aromatic heterocycles. The molecule has 3 nitrogen and oxygen atoms in total. The van der Waals surface area contributed by atoms with E-state index in [1.54, 1.807) is 0 Å². The monoisotopic (exact) mass is 262 g/mol. The molecule has 1 fully saturated rings. The van der Waals surface area contributed by atoms with Crippen LogP contribution in [0.25, 0.3) is 0 Å². The number of ether oxygens (including phenoxy) is 1. The zero-order chi connectivity index (χ0) is 13.7. The Kier molecular flexibility index (Phi) is 5.23. The highest BCUT2D eigenvalue weighted by Gasteiger charge is 2.12. The van der Waals surface area contributed by atoms with Gasteiger partial charge in [0.1, 0.15) is 0 Å². The molecule has 3 heteroatoms. The molecule has 0 unspecified atom stereocenters. The molecule has 0 saturated carbocycles. The van der Waals surface area contributed by atoms with Gasteiger partial charge in [-0.2, -0.15) is 0 Å². The van der Waals surface area contributed by atoms with Crippen molar-refractivity contribution in [1.29, 1.82) is 0 Å². The van der Waals surface area contributed by atoms with E-state index in [0.717, 1.165) is 39.3 Å². The van der Waals surface area contributed by atoms with E-state index in [1.807, 2.05) is 0 Å². The second-order valence-corrected chi connectivity index (χ2v) is 5.61. The van der Waals surface area contributed by atoms with E-state index >= 15 is 0 Å². The molecule has 1 heterocycles. The van der Waals surface area contributed by atoms with Crippen molar-refractivity contribution in [2.24, 2.45) is 0 Å². The fraction of sp³-hybridized carbons (Fsp3) is 0.625. The van der Waals surface area contributed by atoms with Gasteiger partial charge in [0.25, 0.3) is 0 Å². The van der Waals surface area contributed by atoms with Crippen molar-refractivity contribution in [3.05, 3.63) is 29.3 Å². The second-order valence-electron chi connectivity index (χ2n) is 5.61. The number of hydrogen-bond donors (Lipinski definition) is 1. The molecule has 0 radical (unpaired) electrons. The maximum absolute atomic E-state index is 5.52. The minimum absolute atomic E-state index is 0.530. The Labute approximate surface area is 116 Å². The highest BCUT2D eigenvalue weighted by Crippen LogP contribution is 2.22. The lowest BCUT2D eigenvalue weighted by Gasteiger charge is -2.24. The maximum atomic E-state index is 5.52. The number of anilines is 1. The fourth-order valence-electron chi connectivity index (χ4n) is 2.49. The van der Waals surface area contributed by atoms with E-state index in [2.05, 4.69) is 49.2 Å². The van der Waals surface area contributed by atoms with Crippen LogP contribution in [0, 0.1) is 6.92 Å². The Morgan fingerprint density at radius 2 is 2.11 bits per heavy atom. The molecule has 0 spiro atoms. The molecule has 19 heavy (non-hydrogen) atoms. The van der Waals surface area contributed by atoms with Gasteiger partial charge in [-0.3, -0.25) is 0 Å². The minimum Gasteiger partial charge on any atom is -0.380 e. The lowest BCUT2D eigenvalue weighted by Crippen LogP contribution is -2.27. The van der Waals surface area contributed by atoms with Crippen LogP contribution in [0.2, 0.25) is 0 Å². The summed E-state index contributed by atoms with van der Waals surface area (Å²) in [4.78, 5) is 2.45. The number of rotatable bonds is 4. The summed E-state index contributed by atoms with van der Waals surface area (Å²) in [5, 5.41) is 3.46. The van der Waals surface area contributed by atoms with Crippen LogP contribution in [-0.2, 0) is 11.3 Å². The summed E-state index contributed by atoms with van der Waals surface area (Å²) < 4.78 is 5.52. The summed E-state index contributed by atoms with van der Waals surface area (Å²) >= 11 is 0. The summed E-state index contributed by atoms with van der Waals surface area (Å²) in [6.45, 7) is 11.4. The summed E-state index contributed by atoms with van der Waals surface area (Å²) in [5.41, 5.74) is 4.09. The highest BCUT2D eigenvalue weighted by molar-refractivity contribution is 5.54. The Morgan fingerprint density at radius 3 is 2.84 bits per heavy atom. The van der Waals surface area contributed by atoms with Gasteiger partial charge in [0.2, 0.25) is 0 Å². The van der Waals surface area contributed by atoms with Gasteiger partial charge in [-0.25, -0.2) is 0 Å². The predicted octanol–water partition coefficient (Wildman–Crippen LogP) is 2.72. The van der Waals surface area contributed by atoms with Gasteiger partial charge in [0, 0.05) is 38.0 Å². The van der Waals surface area contributed by atoms with Crippen molar-refractivity contribution < 1.29 is 4.74 Å². The van der Waals surface area contributed by atoms with E-state index in [-0.39, 0.29) is 0 Å². The molecule has 1 aromatic rings. The number of benzene rings is 1. The van der Waals surface area contributed by atoms with Gasteiger partial charge in [0.05, 0.1) is 6.61 Å². The molecule has 0 aliphatic carbocycles. The molecule has 2 rings (SSSR count). The normalized spacial score (nSPS) is 16.7. The second kappa shape index (κ2) is 6.92. The van der Waals surface area contributed by atoms with Crippen LogP contribution in [0.15, 0.2) is 18.2 Å². The lowest BCUT2D eigenvalue weighted by molar-refractivity contribution is 0.152. The van der Waals surface area contributed by atoms with Gasteiger partial charge in [-0.15, -0.1) is 0 Å². The van der Waals surface area contributed by atoms with Gasteiger partial charge in [-0.05, 0) is 30.5 Å². The third-order valence-corrected chi connectivity index (χ3v) is 3.54. The molecular formula is C16H26N2O. The predicted molar refractivity (Wildman–Crippen MR) is 80.8 cm³/mol. The molecule has 0 atom stereocenters. The molecule has 106 valence electrons. The largest absolute Gasteiger partial charge is 0.380 e. The van der Waals surface area contributed by atoms with Crippen molar-refractivity contribution in [2.45, 2.75) is 39.8 Å². The first-order valence-corrected chi connectivity index (χ1v) is 7.32.